The first-order chi connectivity index (χ1) is 15.1. The van der Waals surface area contributed by atoms with Gasteiger partial charge in [-0.1, -0.05) is 6.07 Å². The van der Waals surface area contributed by atoms with Gasteiger partial charge in [0.15, 0.2) is 15.7 Å². The van der Waals surface area contributed by atoms with Gasteiger partial charge in [-0.15, -0.1) is 22.7 Å². The van der Waals surface area contributed by atoms with Crippen molar-refractivity contribution in [3.63, 3.8) is 0 Å². The Morgan fingerprint density at radius 1 is 1.06 bits per heavy atom. The van der Waals surface area contributed by atoms with Crippen LogP contribution in [0, 0.1) is 0 Å². The fourth-order valence-corrected chi connectivity index (χ4v) is 8.92. The first kappa shape index (κ1) is 20.1. The zero-order chi connectivity index (χ0) is 21.0. The number of piperazine rings is 1. The van der Waals surface area contributed by atoms with E-state index in [1.165, 1.54) is 28.7 Å². The van der Waals surface area contributed by atoms with E-state index in [0.29, 0.717) is 11.5 Å². The summed E-state index contributed by atoms with van der Waals surface area (Å²) in [5.74, 6) is 2.59. The number of aromatic nitrogens is 2. The van der Waals surface area contributed by atoms with Gasteiger partial charge in [0.25, 0.3) is 0 Å². The molecule has 1 aliphatic carbocycles. The number of aryl methyl sites for hydroxylation is 2. The zero-order valence-corrected chi connectivity index (χ0v) is 19.9. The van der Waals surface area contributed by atoms with Crippen LogP contribution in [0.25, 0.3) is 20.9 Å². The highest BCUT2D eigenvalue weighted by Gasteiger charge is 2.34. The summed E-state index contributed by atoms with van der Waals surface area (Å²) in [6.45, 7) is 3.56. The van der Waals surface area contributed by atoms with Crippen LogP contribution in [0.2, 0.25) is 0 Å². The second kappa shape index (κ2) is 7.79. The van der Waals surface area contributed by atoms with Crippen molar-refractivity contribution in [1.29, 1.82) is 0 Å². The molecule has 0 bridgehead atoms. The lowest BCUT2D eigenvalue weighted by atomic mass is 9.97. The summed E-state index contributed by atoms with van der Waals surface area (Å²) in [7, 11) is -2.85. The molecule has 6 rings (SSSR count). The maximum Gasteiger partial charge on any atom is 0.173 e. The first-order valence-electron chi connectivity index (χ1n) is 11.1. The molecule has 31 heavy (non-hydrogen) atoms. The normalized spacial score (nSPS) is 24.0. The van der Waals surface area contributed by atoms with Crippen LogP contribution in [0.5, 0.6) is 0 Å². The van der Waals surface area contributed by atoms with Gasteiger partial charge >= 0.3 is 0 Å². The van der Waals surface area contributed by atoms with Crippen LogP contribution in [0.15, 0.2) is 17.5 Å². The number of fused-ring (bicyclic) bond motifs is 3. The second-order valence-electron chi connectivity index (χ2n) is 8.82. The largest absolute Gasteiger partial charge is 0.353 e. The molecule has 3 aliphatic rings. The maximum absolute atomic E-state index is 11.9. The topological polar surface area (TPSA) is 66.4 Å². The van der Waals surface area contributed by atoms with Crippen LogP contribution >= 0.6 is 22.7 Å². The van der Waals surface area contributed by atoms with Gasteiger partial charge in [0, 0.05) is 37.1 Å². The van der Waals surface area contributed by atoms with Gasteiger partial charge in [0.05, 0.1) is 21.8 Å². The lowest BCUT2D eigenvalue weighted by Crippen LogP contribution is -2.51. The van der Waals surface area contributed by atoms with Crippen molar-refractivity contribution in [2.45, 2.75) is 38.1 Å². The summed E-state index contributed by atoms with van der Waals surface area (Å²) in [6.07, 6.45) is 5.58. The van der Waals surface area contributed by atoms with E-state index in [-0.39, 0.29) is 6.04 Å². The van der Waals surface area contributed by atoms with Crippen molar-refractivity contribution < 1.29 is 8.42 Å². The SMILES string of the molecule is O=S1(=O)CC[C@H](N2CCN(c3nc(-c4cccs4)nc4sc5c(c34)CCCC5)CC2)C1. The van der Waals surface area contributed by atoms with Crippen molar-refractivity contribution in [2.24, 2.45) is 0 Å². The predicted molar refractivity (Wildman–Crippen MR) is 128 cm³/mol. The molecule has 0 spiro atoms. The molecule has 164 valence electrons. The van der Waals surface area contributed by atoms with Crippen LogP contribution in [-0.2, 0) is 22.7 Å². The van der Waals surface area contributed by atoms with E-state index in [1.807, 2.05) is 11.3 Å². The Labute approximate surface area is 190 Å². The molecule has 0 amide bonds. The monoisotopic (exact) mass is 474 g/mol. The Balaban J connectivity index is 1.34. The third-order valence-electron chi connectivity index (χ3n) is 6.88. The molecule has 3 aromatic heterocycles. The van der Waals surface area contributed by atoms with Gasteiger partial charge in [0.1, 0.15) is 10.6 Å². The minimum absolute atomic E-state index is 0.188. The Morgan fingerprint density at radius 2 is 1.90 bits per heavy atom. The summed E-state index contributed by atoms with van der Waals surface area (Å²) in [5.41, 5.74) is 1.48. The fourth-order valence-electron chi connectivity index (χ4n) is 5.25. The van der Waals surface area contributed by atoms with Crippen LogP contribution in [0.4, 0.5) is 5.82 Å². The average molecular weight is 475 g/mol. The summed E-state index contributed by atoms with van der Waals surface area (Å²) in [5, 5.41) is 3.35. The highest BCUT2D eigenvalue weighted by Crippen LogP contribution is 2.41. The summed E-state index contributed by atoms with van der Waals surface area (Å²) < 4.78 is 23.8. The van der Waals surface area contributed by atoms with Crippen LogP contribution in [0.1, 0.15) is 29.7 Å². The molecule has 1 atom stereocenters. The minimum Gasteiger partial charge on any atom is -0.353 e. The summed E-state index contributed by atoms with van der Waals surface area (Å²) >= 11 is 3.55. The van der Waals surface area contributed by atoms with Crippen LogP contribution in [0.3, 0.4) is 0 Å². The van der Waals surface area contributed by atoms with Crippen LogP contribution < -0.4 is 4.90 Å². The van der Waals surface area contributed by atoms with Crippen molar-refractivity contribution in [3.8, 4) is 10.7 Å². The molecule has 2 aliphatic heterocycles. The summed E-state index contributed by atoms with van der Waals surface area (Å²) in [4.78, 5) is 18.6. The van der Waals surface area contributed by atoms with Gasteiger partial charge in [-0.2, -0.15) is 0 Å². The number of hydrogen-bond donors (Lipinski definition) is 0. The maximum atomic E-state index is 11.9. The molecule has 9 heteroatoms. The van der Waals surface area contributed by atoms with Gasteiger partial charge in [-0.05, 0) is 49.1 Å². The lowest BCUT2D eigenvalue weighted by Gasteiger charge is -2.38. The first-order valence-corrected chi connectivity index (χ1v) is 14.6. The molecule has 3 aromatic rings. The molecular formula is C22H26N4O2S3. The van der Waals surface area contributed by atoms with Gasteiger partial charge in [0.2, 0.25) is 0 Å². The fraction of sp³-hybridized carbons (Fsp3) is 0.545. The number of hydrogen-bond acceptors (Lipinski definition) is 8. The molecular weight excluding hydrogens is 448 g/mol. The quantitative estimate of drug-likeness (QED) is 0.578. The van der Waals surface area contributed by atoms with E-state index >= 15 is 0 Å². The van der Waals surface area contributed by atoms with E-state index < -0.39 is 9.84 Å². The van der Waals surface area contributed by atoms with E-state index in [0.717, 1.165) is 66.8 Å². The third-order valence-corrected chi connectivity index (χ3v) is 10.7. The Morgan fingerprint density at radius 3 is 2.65 bits per heavy atom. The standard InChI is InChI=1S/C22H26N4O2S3/c27-31(28)13-7-15(14-31)25-8-10-26(11-9-25)21-19-16-4-1-2-5-17(16)30-22(19)24-20(23-21)18-6-3-12-29-18/h3,6,12,15H,1-2,4-5,7-11,13-14H2/t15-/m0/s1. The van der Waals surface area contributed by atoms with Gasteiger partial charge in [-0.25, -0.2) is 18.4 Å². The molecule has 2 saturated heterocycles. The second-order valence-corrected chi connectivity index (χ2v) is 13.1. The van der Waals surface area contributed by atoms with E-state index in [2.05, 4.69) is 27.3 Å². The smallest absolute Gasteiger partial charge is 0.173 e. The van der Waals surface area contributed by atoms with E-state index in [9.17, 15) is 8.42 Å². The molecule has 2 fully saturated rings. The van der Waals surface area contributed by atoms with Crippen molar-refractivity contribution in [1.82, 2.24) is 14.9 Å². The molecule has 0 aromatic carbocycles. The molecule has 5 heterocycles. The zero-order valence-electron chi connectivity index (χ0n) is 17.4. The lowest BCUT2D eigenvalue weighted by molar-refractivity contribution is 0.200. The van der Waals surface area contributed by atoms with E-state index in [4.69, 9.17) is 9.97 Å². The Kier molecular flexibility index (Phi) is 5.05. The minimum atomic E-state index is -2.85. The predicted octanol–water partition coefficient (Wildman–Crippen LogP) is 3.61. The molecule has 0 N–H and O–H groups in total. The molecule has 0 radical (unpaired) electrons. The number of rotatable bonds is 3. The van der Waals surface area contributed by atoms with E-state index in [1.54, 1.807) is 11.3 Å². The van der Waals surface area contributed by atoms with Crippen molar-refractivity contribution in [2.75, 3.05) is 42.6 Å². The number of sulfone groups is 1. The summed E-state index contributed by atoms with van der Waals surface area (Å²) in [6, 6.07) is 4.34. The molecule has 6 nitrogen and oxygen atoms in total. The van der Waals surface area contributed by atoms with Gasteiger partial charge < -0.3 is 4.90 Å². The molecule has 0 saturated carbocycles. The number of anilines is 1. The third kappa shape index (κ3) is 3.69. The molecule has 0 unspecified atom stereocenters. The highest BCUT2D eigenvalue weighted by atomic mass is 32.2. The Bertz CT molecular complexity index is 1210. The van der Waals surface area contributed by atoms with Gasteiger partial charge in [-0.3, -0.25) is 4.90 Å². The highest BCUT2D eigenvalue weighted by molar-refractivity contribution is 7.91. The van der Waals surface area contributed by atoms with Crippen LogP contribution in [-0.4, -0.2) is 67.0 Å². The number of nitrogens with zero attached hydrogens (tertiary/aromatic N) is 4. The van der Waals surface area contributed by atoms with Crippen molar-refractivity contribution >= 4 is 48.5 Å². The average Bonchev–Trinajstić information content (AvgIpc) is 3.51. The Hall–Kier alpha value is -1.55. The number of thiophene rings is 2. The van der Waals surface area contributed by atoms with Crippen molar-refractivity contribution in [3.05, 3.63) is 28.0 Å².